The number of carbonyl (C=O) groups excluding carboxylic acids is 3. The molecule has 0 spiro atoms. The summed E-state index contributed by atoms with van der Waals surface area (Å²) in [6.45, 7) is 2.33. The molecule has 38 heavy (non-hydrogen) atoms. The van der Waals surface area contributed by atoms with E-state index in [0.29, 0.717) is 18.8 Å². The molecule has 1 unspecified atom stereocenters. The van der Waals surface area contributed by atoms with Crippen LogP contribution < -0.4 is 10.5 Å². The van der Waals surface area contributed by atoms with Crippen LogP contribution in [0.3, 0.4) is 0 Å². The zero-order valence-electron chi connectivity index (χ0n) is 22.5. The first-order chi connectivity index (χ1) is 18.1. The molecule has 0 saturated heterocycles. The highest BCUT2D eigenvalue weighted by Gasteiger charge is 2.31. The first-order valence-electron chi connectivity index (χ1n) is 12.6. The number of methoxy groups -OCH3 is 1. The number of rotatable bonds is 7. The van der Waals surface area contributed by atoms with Crippen LogP contribution in [-0.4, -0.2) is 82.7 Å². The van der Waals surface area contributed by atoms with Gasteiger partial charge in [-0.05, 0) is 38.0 Å². The number of amides is 3. The average molecular weight is 523 g/mol. The second-order valence-corrected chi connectivity index (χ2v) is 9.79. The SMILES string of the molecule is COC(=O)N1c2ccc3c(nc(CCn4ccccc4=O)n3CC(=O)N(C)CC(=O)N(C)C)c2CCC1C. The Balaban J connectivity index is 1.75. The molecule has 1 aromatic carbocycles. The Kier molecular flexibility index (Phi) is 7.84. The summed E-state index contributed by atoms with van der Waals surface area (Å²) in [6, 6.07) is 8.70. The van der Waals surface area contributed by atoms with Gasteiger partial charge in [-0.1, -0.05) is 6.07 Å². The summed E-state index contributed by atoms with van der Waals surface area (Å²) in [5.74, 6) is 0.236. The number of aromatic nitrogens is 3. The van der Waals surface area contributed by atoms with Crippen molar-refractivity contribution in [1.29, 1.82) is 0 Å². The van der Waals surface area contributed by atoms with Gasteiger partial charge < -0.3 is 23.7 Å². The minimum absolute atomic E-state index is 0.0113. The molecule has 11 nitrogen and oxygen atoms in total. The Morgan fingerprint density at radius 1 is 1.11 bits per heavy atom. The number of carbonyl (C=O) groups is 3. The van der Waals surface area contributed by atoms with Gasteiger partial charge in [0.25, 0.3) is 5.56 Å². The van der Waals surface area contributed by atoms with Crippen LogP contribution in [0.2, 0.25) is 0 Å². The lowest BCUT2D eigenvalue weighted by Gasteiger charge is -2.34. The van der Waals surface area contributed by atoms with Crippen molar-refractivity contribution in [3.8, 4) is 0 Å². The zero-order chi connectivity index (χ0) is 27.6. The minimum Gasteiger partial charge on any atom is -0.452 e. The van der Waals surface area contributed by atoms with Crippen LogP contribution >= 0.6 is 0 Å². The van der Waals surface area contributed by atoms with E-state index in [1.807, 2.05) is 23.6 Å². The molecular formula is C27H34N6O5. The molecule has 11 heteroatoms. The van der Waals surface area contributed by atoms with Crippen LogP contribution in [0.25, 0.3) is 11.0 Å². The lowest BCUT2D eigenvalue weighted by atomic mass is 9.96. The Morgan fingerprint density at radius 2 is 1.87 bits per heavy atom. The second kappa shape index (κ2) is 11.1. The fourth-order valence-corrected chi connectivity index (χ4v) is 4.77. The van der Waals surface area contributed by atoms with Gasteiger partial charge in [0.2, 0.25) is 11.8 Å². The van der Waals surface area contributed by atoms with E-state index in [9.17, 15) is 19.2 Å². The van der Waals surface area contributed by atoms with Crippen LogP contribution in [0.5, 0.6) is 0 Å². The van der Waals surface area contributed by atoms with E-state index >= 15 is 0 Å². The fraction of sp³-hybridized carbons (Fsp3) is 0.444. The maximum absolute atomic E-state index is 13.2. The number of hydrogen-bond acceptors (Lipinski definition) is 6. The summed E-state index contributed by atoms with van der Waals surface area (Å²) in [5.41, 5.74) is 3.04. The smallest absolute Gasteiger partial charge is 0.414 e. The second-order valence-electron chi connectivity index (χ2n) is 9.79. The third-order valence-electron chi connectivity index (χ3n) is 7.03. The summed E-state index contributed by atoms with van der Waals surface area (Å²) < 4.78 is 8.48. The number of benzene rings is 1. The zero-order valence-corrected chi connectivity index (χ0v) is 22.5. The maximum atomic E-state index is 13.2. The third-order valence-corrected chi connectivity index (χ3v) is 7.03. The topological polar surface area (TPSA) is 110 Å². The molecule has 1 aliphatic rings. The lowest BCUT2D eigenvalue weighted by Crippen LogP contribution is -2.42. The van der Waals surface area contributed by atoms with Gasteiger partial charge in [-0.3, -0.25) is 19.3 Å². The summed E-state index contributed by atoms with van der Waals surface area (Å²) in [4.78, 5) is 59.6. The van der Waals surface area contributed by atoms with Crippen molar-refractivity contribution >= 4 is 34.6 Å². The number of aryl methyl sites for hydroxylation is 3. The fourth-order valence-electron chi connectivity index (χ4n) is 4.77. The predicted molar refractivity (Wildman–Crippen MR) is 143 cm³/mol. The number of anilines is 1. The van der Waals surface area contributed by atoms with E-state index in [1.165, 1.54) is 23.0 Å². The van der Waals surface area contributed by atoms with Gasteiger partial charge in [-0.25, -0.2) is 9.78 Å². The quantitative estimate of drug-likeness (QED) is 0.469. The van der Waals surface area contributed by atoms with Crippen molar-refractivity contribution in [1.82, 2.24) is 23.9 Å². The third kappa shape index (κ3) is 5.27. The average Bonchev–Trinajstić information content (AvgIpc) is 3.24. The van der Waals surface area contributed by atoms with Crippen molar-refractivity contribution in [3.63, 3.8) is 0 Å². The van der Waals surface area contributed by atoms with Crippen molar-refractivity contribution < 1.29 is 19.1 Å². The normalized spacial score (nSPS) is 14.8. The minimum atomic E-state index is -0.428. The molecule has 202 valence electrons. The molecule has 1 aliphatic heterocycles. The highest BCUT2D eigenvalue weighted by molar-refractivity contribution is 5.96. The predicted octanol–water partition coefficient (Wildman–Crippen LogP) is 1.89. The Labute approximate surface area is 221 Å². The standard InChI is InChI=1S/C27H34N6O5/c1-18-9-10-19-20(33(18)27(37)38-5)11-12-21-26(19)28-22(13-15-31-14-7-6-8-23(31)34)32(21)17-25(36)30(4)16-24(35)29(2)3/h6-8,11-12,14,18H,9-10,13,15-17H2,1-5H3. The number of nitrogens with zero attached hydrogens (tertiary/aromatic N) is 6. The van der Waals surface area contributed by atoms with Gasteiger partial charge in [-0.15, -0.1) is 0 Å². The number of fused-ring (bicyclic) bond motifs is 3. The first kappa shape index (κ1) is 26.9. The monoisotopic (exact) mass is 522 g/mol. The largest absolute Gasteiger partial charge is 0.452 e. The Morgan fingerprint density at radius 3 is 2.55 bits per heavy atom. The Hall–Kier alpha value is -4.15. The first-order valence-corrected chi connectivity index (χ1v) is 12.6. The highest BCUT2D eigenvalue weighted by atomic mass is 16.5. The van der Waals surface area contributed by atoms with Crippen molar-refractivity contribution in [2.24, 2.45) is 0 Å². The molecule has 3 heterocycles. The van der Waals surface area contributed by atoms with Crippen molar-refractivity contribution in [2.45, 2.75) is 45.3 Å². The van der Waals surface area contributed by atoms with E-state index in [4.69, 9.17) is 9.72 Å². The molecule has 0 aliphatic carbocycles. The molecule has 0 fully saturated rings. The van der Waals surface area contributed by atoms with Gasteiger partial charge in [-0.2, -0.15) is 0 Å². The van der Waals surface area contributed by atoms with Gasteiger partial charge in [0.15, 0.2) is 0 Å². The van der Waals surface area contributed by atoms with Gasteiger partial charge >= 0.3 is 6.09 Å². The highest BCUT2D eigenvalue weighted by Crippen LogP contribution is 2.36. The number of pyridine rings is 1. The van der Waals surface area contributed by atoms with E-state index < -0.39 is 6.09 Å². The Bertz CT molecular complexity index is 1430. The van der Waals surface area contributed by atoms with Crippen LogP contribution in [-0.2, 0) is 40.3 Å². The molecule has 0 N–H and O–H groups in total. The van der Waals surface area contributed by atoms with Gasteiger partial charge in [0.05, 0.1) is 30.4 Å². The molecule has 2 aromatic heterocycles. The van der Waals surface area contributed by atoms with Crippen LogP contribution in [0.15, 0.2) is 41.3 Å². The number of hydrogen-bond donors (Lipinski definition) is 0. The molecule has 0 bridgehead atoms. The molecule has 0 saturated carbocycles. The van der Waals surface area contributed by atoms with E-state index in [1.54, 1.807) is 48.9 Å². The van der Waals surface area contributed by atoms with Crippen molar-refractivity contribution in [2.75, 3.05) is 39.7 Å². The number of imidazole rings is 1. The number of likely N-dealkylation sites (N-methyl/N-ethyl adjacent to an activating group) is 2. The maximum Gasteiger partial charge on any atom is 0.414 e. The molecular weight excluding hydrogens is 488 g/mol. The summed E-state index contributed by atoms with van der Waals surface area (Å²) >= 11 is 0. The lowest BCUT2D eigenvalue weighted by molar-refractivity contribution is -0.138. The van der Waals surface area contributed by atoms with Gasteiger partial charge in [0, 0.05) is 58.0 Å². The van der Waals surface area contributed by atoms with E-state index in [0.717, 1.165) is 35.1 Å². The van der Waals surface area contributed by atoms with Crippen LogP contribution in [0.1, 0.15) is 24.7 Å². The molecule has 3 amide bonds. The van der Waals surface area contributed by atoms with E-state index in [2.05, 4.69) is 0 Å². The number of ether oxygens (including phenoxy) is 1. The van der Waals surface area contributed by atoms with Crippen LogP contribution in [0.4, 0.5) is 10.5 Å². The molecule has 3 aromatic rings. The summed E-state index contributed by atoms with van der Waals surface area (Å²) in [6.07, 6.45) is 3.18. The molecule has 0 radical (unpaired) electrons. The van der Waals surface area contributed by atoms with Crippen molar-refractivity contribution in [3.05, 3.63) is 58.3 Å². The summed E-state index contributed by atoms with van der Waals surface area (Å²) in [5, 5.41) is 0. The molecule has 4 rings (SSSR count). The molecule has 1 atom stereocenters. The summed E-state index contributed by atoms with van der Waals surface area (Å²) in [7, 11) is 6.26. The van der Waals surface area contributed by atoms with Gasteiger partial charge in [0.1, 0.15) is 12.4 Å². The van der Waals surface area contributed by atoms with Crippen LogP contribution in [0, 0.1) is 0 Å². The van der Waals surface area contributed by atoms with E-state index in [-0.39, 0.29) is 36.5 Å².